The molecule has 0 bridgehead atoms. The highest BCUT2D eigenvalue weighted by Crippen LogP contribution is 2.54. The molecule has 2 heterocycles. The Morgan fingerprint density at radius 2 is 1.00 bits per heavy atom. The van der Waals surface area contributed by atoms with Crippen LogP contribution in [0.4, 0.5) is 0 Å². The lowest BCUT2D eigenvalue weighted by Crippen LogP contribution is -2.44. The zero-order chi connectivity index (χ0) is 38.8. The van der Waals surface area contributed by atoms with Gasteiger partial charge in [-0.2, -0.15) is 0 Å². The molecule has 0 spiro atoms. The molecule has 4 aliphatic rings. The van der Waals surface area contributed by atoms with Crippen molar-refractivity contribution in [3.8, 4) is 0 Å². The fourth-order valence-electron chi connectivity index (χ4n) is 7.38. The van der Waals surface area contributed by atoms with E-state index in [0.29, 0.717) is 33.8 Å². The van der Waals surface area contributed by atoms with Crippen molar-refractivity contribution in [2.45, 2.75) is 64.2 Å². The van der Waals surface area contributed by atoms with Crippen molar-refractivity contribution in [3.05, 3.63) is 107 Å². The molecule has 2 aliphatic heterocycles. The number of aliphatic hydroxyl groups is 2. The quantitative estimate of drug-likeness (QED) is 0.237. The predicted molar refractivity (Wildman–Crippen MR) is 220 cm³/mol. The van der Waals surface area contributed by atoms with Gasteiger partial charge in [-0.3, -0.25) is 9.98 Å². The second kappa shape index (κ2) is 14.5. The average Bonchev–Trinajstić information content (AvgIpc) is 3.74. The van der Waals surface area contributed by atoms with Gasteiger partial charge in [0.25, 0.3) is 0 Å². The minimum Gasteiger partial charge on any atom is -0.366 e. The summed E-state index contributed by atoms with van der Waals surface area (Å²) in [5, 5.41) is 24.2. The van der Waals surface area contributed by atoms with Crippen LogP contribution in [0.25, 0.3) is 0 Å². The highest BCUT2D eigenvalue weighted by Gasteiger charge is 2.57. The van der Waals surface area contributed by atoms with E-state index in [4.69, 9.17) is 0 Å². The van der Waals surface area contributed by atoms with Crippen LogP contribution in [0.15, 0.2) is 124 Å². The lowest BCUT2D eigenvalue weighted by Gasteiger charge is -2.32. The van der Waals surface area contributed by atoms with Crippen LogP contribution < -0.4 is 0 Å². The molecule has 4 aromatic rings. The average molecular weight is 841 g/mol. The van der Waals surface area contributed by atoms with Crippen LogP contribution in [0.5, 0.6) is 0 Å². The number of benzene rings is 4. The van der Waals surface area contributed by atoms with Crippen LogP contribution in [-0.4, -0.2) is 98.4 Å². The van der Waals surface area contributed by atoms with Crippen LogP contribution in [0, 0.1) is 0 Å². The fourth-order valence-corrected chi connectivity index (χ4v) is 14.6. The van der Waals surface area contributed by atoms with Crippen molar-refractivity contribution in [3.63, 3.8) is 0 Å². The Morgan fingerprint density at radius 1 is 0.648 bits per heavy atom. The zero-order valence-corrected chi connectivity index (χ0v) is 35.3. The fraction of sp³-hybridized carbons (Fsp3) is 0.316. The molecular formula is C38H40N4O6S6. The number of nitrogens with zero attached hydrogens (tertiary/aromatic N) is 4. The minimum atomic E-state index is -3.45. The molecule has 8 rings (SSSR count). The summed E-state index contributed by atoms with van der Waals surface area (Å²) in [5.74, 6) is 0. The van der Waals surface area contributed by atoms with Gasteiger partial charge in [-0.1, -0.05) is 83.4 Å². The third-order valence-corrected chi connectivity index (χ3v) is 17.6. The van der Waals surface area contributed by atoms with Gasteiger partial charge in [0.1, 0.15) is 0 Å². The first-order valence-electron chi connectivity index (χ1n) is 16.9. The van der Waals surface area contributed by atoms with Gasteiger partial charge in [-0.05, 0) is 72.5 Å². The maximum atomic E-state index is 12.5. The Hall–Kier alpha value is -2.96. The van der Waals surface area contributed by atoms with Gasteiger partial charge < -0.3 is 20.0 Å². The monoisotopic (exact) mass is 840 g/mol. The lowest BCUT2D eigenvalue weighted by atomic mass is 10.0. The molecule has 4 atom stereocenters. The molecule has 54 heavy (non-hydrogen) atoms. The minimum absolute atomic E-state index is 0.0967. The molecule has 2 fully saturated rings. The van der Waals surface area contributed by atoms with E-state index in [2.05, 4.69) is 9.98 Å². The molecule has 4 aromatic carbocycles. The van der Waals surface area contributed by atoms with Crippen LogP contribution in [0.1, 0.15) is 22.3 Å². The zero-order valence-electron chi connectivity index (χ0n) is 30.4. The summed E-state index contributed by atoms with van der Waals surface area (Å²) in [4.78, 5) is 15.8. The van der Waals surface area contributed by atoms with E-state index >= 15 is 0 Å². The highest BCUT2D eigenvalue weighted by atomic mass is 32.2. The van der Waals surface area contributed by atoms with E-state index in [-0.39, 0.29) is 20.3 Å². The normalized spacial score (nSPS) is 25.7. The van der Waals surface area contributed by atoms with Gasteiger partial charge in [0.2, 0.25) is 0 Å². The molecule has 0 radical (unpaired) electrons. The first-order chi connectivity index (χ1) is 25.5. The lowest BCUT2D eigenvalue weighted by molar-refractivity contribution is -0.0501. The van der Waals surface area contributed by atoms with Gasteiger partial charge in [0.05, 0.1) is 20.3 Å². The van der Waals surface area contributed by atoms with Gasteiger partial charge in [-0.15, -0.1) is 0 Å². The van der Waals surface area contributed by atoms with E-state index in [1.54, 1.807) is 50.1 Å². The summed E-state index contributed by atoms with van der Waals surface area (Å²) in [6.45, 7) is 0. The van der Waals surface area contributed by atoms with Gasteiger partial charge in [0.15, 0.2) is 41.5 Å². The molecule has 4 unspecified atom stereocenters. The maximum absolute atomic E-state index is 12.5. The van der Waals surface area contributed by atoms with E-state index in [1.807, 2.05) is 72.8 Å². The largest absolute Gasteiger partial charge is 0.366 e. The molecular weight excluding hydrogens is 801 g/mol. The first-order valence-corrected chi connectivity index (χ1v) is 24.1. The predicted octanol–water partition coefficient (Wildman–Crippen LogP) is 5.95. The number of fused-ring (bicyclic) bond motifs is 6. The summed E-state index contributed by atoms with van der Waals surface area (Å²) in [5.41, 5.74) is 0.845. The molecule has 284 valence electrons. The van der Waals surface area contributed by atoms with Crippen molar-refractivity contribution >= 4 is 77.1 Å². The Morgan fingerprint density at radius 3 is 1.31 bits per heavy atom. The number of thioether (sulfide) groups is 2. The summed E-state index contributed by atoms with van der Waals surface area (Å²) in [6.07, 6.45) is 3.77. The number of hydrogen-bond donors (Lipinski definition) is 2. The van der Waals surface area contributed by atoms with E-state index < -0.39 is 31.1 Å². The molecule has 2 N–H and O–H groups in total. The van der Waals surface area contributed by atoms with Crippen molar-refractivity contribution in [2.24, 2.45) is 9.98 Å². The maximum Gasteiger partial charge on any atom is 0.178 e. The molecule has 0 saturated carbocycles. The molecule has 16 heteroatoms. The summed E-state index contributed by atoms with van der Waals surface area (Å²) in [6, 6.07) is 26.6. The SMILES string of the molecule is CN=C1SC2Cc3cc(Sc4ccccc4)c(S(C)(=O)=O)cc3C2(O)N1C.CN=C1SC2Cc3cc(Sc4ccccc4)c(S(C)(=O)=O)cc3C2(O)N1C. The number of rotatable bonds is 6. The van der Waals surface area contributed by atoms with Crippen molar-refractivity contribution < 1.29 is 27.0 Å². The molecule has 0 aromatic heterocycles. The van der Waals surface area contributed by atoms with Crippen molar-refractivity contribution in [1.82, 2.24) is 9.80 Å². The second-order valence-electron chi connectivity index (χ2n) is 13.5. The third-order valence-electron chi connectivity index (χ3n) is 10.1. The molecule has 0 amide bonds. The number of hydrogen-bond acceptors (Lipinski definition) is 12. The van der Waals surface area contributed by atoms with E-state index in [0.717, 1.165) is 31.3 Å². The number of amidine groups is 2. The standard InChI is InChI=1S/2C19H20N2O3S3/c2*1-20-18-21(2)19(22)14-11-16(27(3,23)24)15(9-12(14)10-17(19)26-18)25-13-7-5-4-6-8-13/h2*4-9,11,17,22H,10H2,1-3H3. The van der Waals surface area contributed by atoms with Crippen LogP contribution in [0.3, 0.4) is 0 Å². The second-order valence-corrected chi connectivity index (χ2v) is 22.0. The van der Waals surface area contributed by atoms with E-state index in [1.165, 1.54) is 59.6 Å². The molecule has 2 saturated heterocycles. The summed E-state index contributed by atoms with van der Waals surface area (Å²) in [7, 11) is 0.0963. The van der Waals surface area contributed by atoms with Gasteiger partial charge >= 0.3 is 0 Å². The van der Waals surface area contributed by atoms with Gasteiger partial charge in [-0.25, -0.2) is 16.8 Å². The number of aliphatic imine (C=N–C) groups is 2. The summed E-state index contributed by atoms with van der Waals surface area (Å²) < 4.78 is 50.0. The topological polar surface area (TPSA) is 140 Å². The van der Waals surface area contributed by atoms with Crippen molar-refractivity contribution in [2.75, 3.05) is 40.7 Å². The summed E-state index contributed by atoms with van der Waals surface area (Å²) >= 11 is 5.95. The van der Waals surface area contributed by atoms with Crippen molar-refractivity contribution in [1.29, 1.82) is 0 Å². The first kappa shape index (κ1) is 39.3. The van der Waals surface area contributed by atoms with Gasteiger partial charge in [0, 0.05) is 71.4 Å². The smallest absolute Gasteiger partial charge is 0.178 e. The van der Waals surface area contributed by atoms with E-state index in [9.17, 15) is 27.0 Å². The molecule has 2 aliphatic carbocycles. The Balaban J connectivity index is 0.000000167. The van der Waals surface area contributed by atoms with Crippen LogP contribution in [-0.2, 0) is 44.0 Å². The molecule has 10 nitrogen and oxygen atoms in total. The Bertz CT molecular complexity index is 2240. The number of sulfone groups is 2. The van der Waals surface area contributed by atoms with Crippen LogP contribution >= 0.6 is 47.0 Å². The Labute approximate surface area is 333 Å². The third kappa shape index (κ3) is 6.80. The Kier molecular flexibility index (Phi) is 10.6. The highest BCUT2D eigenvalue weighted by molar-refractivity contribution is 8.15. The van der Waals surface area contributed by atoms with Crippen LogP contribution in [0.2, 0.25) is 0 Å².